The fourth-order valence-electron chi connectivity index (χ4n) is 1.79. The standard InChI is InChI=1S/C14H19FN2O3/c1-8(2)7-11(13(18)19)16-14(20)17-12-9(3)5-4-6-10(12)15/h4-6,8,11H,7H2,1-3H3,(H,18,19)(H2,16,17,20). The third kappa shape index (κ3) is 4.53. The van der Waals surface area contributed by atoms with Crippen LogP contribution in [-0.2, 0) is 4.79 Å². The monoisotopic (exact) mass is 282 g/mol. The molecule has 0 saturated heterocycles. The Morgan fingerprint density at radius 3 is 2.50 bits per heavy atom. The molecule has 1 aromatic carbocycles. The van der Waals surface area contributed by atoms with E-state index < -0.39 is 23.9 Å². The topological polar surface area (TPSA) is 78.4 Å². The highest BCUT2D eigenvalue weighted by atomic mass is 19.1. The van der Waals surface area contributed by atoms with Crippen molar-refractivity contribution >= 4 is 17.7 Å². The summed E-state index contributed by atoms with van der Waals surface area (Å²) in [7, 11) is 0. The average Bonchev–Trinajstić information content (AvgIpc) is 2.32. The number of carbonyl (C=O) groups is 2. The van der Waals surface area contributed by atoms with Crippen molar-refractivity contribution in [3.05, 3.63) is 29.6 Å². The van der Waals surface area contributed by atoms with Gasteiger partial charge in [-0.2, -0.15) is 0 Å². The van der Waals surface area contributed by atoms with Crippen molar-refractivity contribution in [2.45, 2.75) is 33.2 Å². The van der Waals surface area contributed by atoms with Crippen LogP contribution in [-0.4, -0.2) is 23.1 Å². The molecule has 20 heavy (non-hydrogen) atoms. The molecule has 0 radical (unpaired) electrons. The lowest BCUT2D eigenvalue weighted by molar-refractivity contribution is -0.139. The summed E-state index contributed by atoms with van der Waals surface area (Å²) in [6.07, 6.45) is 0.305. The van der Waals surface area contributed by atoms with Gasteiger partial charge in [-0.05, 0) is 30.9 Å². The SMILES string of the molecule is Cc1cccc(F)c1NC(=O)NC(CC(C)C)C(=O)O. The third-order valence-electron chi connectivity index (χ3n) is 2.77. The molecule has 6 heteroatoms. The van der Waals surface area contributed by atoms with Gasteiger partial charge in [0.05, 0.1) is 5.69 Å². The first-order chi connectivity index (χ1) is 9.31. The van der Waals surface area contributed by atoms with Crippen LogP contribution in [0.25, 0.3) is 0 Å². The molecule has 0 saturated carbocycles. The van der Waals surface area contributed by atoms with Gasteiger partial charge in [0.25, 0.3) is 0 Å². The summed E-state index contributed by atoms with van der Waals surface area (Å²) in [6.45, 7) is 5.37. The van der Waals surface area contributed by atoms with Crippen molar-refractivity contribution in [3.63, 3.8) is 0 Å². The predicted octanol–water partition coefficient (Wildman–Crippen LogP) is 2.75. The summed E-state index contributed by atoms with van der Waals surface area (Å²) in [6, 6.07) is 2.69. The third-order valence-corrected chi connectivity index (χ3v) is 2.77. The van der Waals surface area contributed by atoms with Crippen LogP contribution in [0.4, 0.5) is 14.9 Å². The number of anilines is 1. The summed E-state index contributed by atoms with van der Waals surface area (Å²) < 4.78 is 13.6. The maximum Gasteiger partial charge on any atom is 0.326 e. The Hall–Kier alpha value is -2.11. The molecule has 0 aromatic heterocycles. The summed E-state index contributed by atoms with van der Waals surface area (Å²) in [5.41, 5.74) is 0.620. The van der Waals surface area contributed by atoms with E-state index >= 15 is 0 Å². The number of urea groups is 1. The summed E-state index contributed by atoms with van der Waals surface area (Å²) >= 11 is 0. The van der Waals surface area contributed by atoms with Crippen molar-refractivity contribution in [1.82, 2.24) is 5.32 Å². The quantitative estimate of drug-likeness (QED) is 0.777. The van der Waals surface area contributed by atoms with E-state index in [9.17, 15) is 14.0 Å². The van der Waals surface area contributed by atoms with Crippen molar-refractivity contribution in [2.75, 3.05) is 5.32 Å². The highest BCUT2D eigenvalue weighted by Crippen LogP contribution is 2.18. The van der Waals surface area contributed by atoms with E-state index in [1.807, 2.05) is 13.8 Å². The fourth-order valence-corrected chi connectivity index (χ4v) is 1.79. The van der Waals surface area contributed by atoms with Crippen LogP contribution in [0.1, 0.15) is 25.8 Å². The van der Waals surface area contributed by atoms with Gasteiger partial charge in [0.1, 0.15) is 11.9 Å². The second-order valence-electron chi connectivity index (χ2n) is 5.05. The first-order valence-corrected chi connectivity index (χ1v) is 6.36. The molecule has 0 aliphatic carbocycles. The van der Waals surface area contributed by atoms with Crippen LogP contribution in [0.2, 0.25) is 0 Å². The molecular formula is C14H19FN2O3. The number of benzene rings is 1. The van der Waals surface area contributed by atoms with Gasteiger partial charge in [-0.1, -0.05) is 26.0 Å². The molecule has 0 spiro atoms. The number of nitrogens with one attached hydrogen (secondary N) is 2. The van der Waals surface area contributed by atoms with Crippen molar-refractivity contribution < 1.29 is 19.1 Å². The number of hydrogen-bond acceptors (Lipinski definition) is 2. The number of amides is 2. The minimum absolute atomic E-state index is 0.0543. The van der Waals surface area contributed by atoms with Crippen LogP contribution >= 0.6 is 0 Å². The molecule has 5 nitrogen and oxygen atoms in total. The van der Waals surface area contributed by atoms with Crippen LogP contribution in [0.15, 0.2) is 18.2 Å². The van der Waals surface area contributed by atoms with E-state index in [0.29, 0.717) is 12.0 Å². The summed E-state index contributed by atoms with van der Waals surface area (Å²) in [5.74, 6) is -1.55. The number of para-hydroxylation sites is 1. The molecule has 0 bridgehead atoms. The second kappa shape index (κ2) is 6.88. The van der Waals surface area contributed by atoms with Gasteiger partial charge in [0.15, 0.2) is 0 Å². The van der Waals surface area contributed by atoms with E-state index in [1.54, 1.807) is 13.0 Å². The molecule has 1 unspecified atom stereocenters. The fraction of sp³-hybridized carbons (Fsp3) is 0.429. The number of carbonyl (C=O) groups excluding carboxylic acids is 1. The van der Waals surface area contributed by atoms with Crippen molar-refractivity contribution in [2.24, 2.45) is 5.92 Å². The molecule has 0 aliphatic heterocycles. The Morgan fingerprint density at radius 1 is 1.35 bits per heavy atom. The lowest BCUT2D eigenvalue weighted by Gasteiger charge is -2.17. The first kappa shape index (κ1) is 15.9. The molecule has 1 rings (SSSR count). The number of hydrogen-bond donors (Lipinski definition) is 3. The molecule has 0 fully saturated rings. The lowest BCUT2D eigenvalue weighted by atomic mass is 10.0. The molecular weight excluding hydrogens is 263 g/mol. The van der Waals surface area contributed by atoms with Gasteiger partial charge in [-0.3, -0.25) is 0 Å². The van der Waals surface area contributed by atoms with E-state index in [0.717, 1.165) is 0 Å². The van der Waals surface area contributed by atoms with E-state index in [2.05, 4.69) is 10.6 Å². The zero-order valence-electron chi connectivity index (χ0n) is 11.7. The Morgan fingerprint density at radius 2 is 2.00 bits per heavy atom. The molecule has 2 amide bonds. The van der Waals surface area contributed by atoms with Gasteiger partial charge in [0.2, 0.25) is 0 Å². The Kier molecular flexibility index (Phi) is 5.49. The van der Waals surface area contributed by atoms with Crippen LogP contribution in [0.3, 0.4) is 0 Å². The smallest absolute Gasteiger partial charge is 0.326 e. The molecule has 0 aliphatic rings. The van der Waals surface area contributed by atoms with Gasteiger partial charge in [0, 0.05) is 0 Å². The summed E-state index contributed by atoms with van der Waals surface area (Å²) in [4.78, 5) is 22.8. The first-order valence-electron chi connectivity index (χ1n) is 6.36. The number of rotatable bonds is 5. The van der Waals surface area contributed by atoms with Gasteiger partial charge in [-0.25, -0.2) is 14.0 Å². The maximum absolute atomic E-state index is 13.6. The Balaban J connectivity index is 2.73. The minimum atomic E-state index is -1.11. The summed E-state index contributed by atoms with van der Waals surface area (Å²) in [5, 5.41) is 13.7. The molecule has 1 atom stereocenters. The van der Waals surface area contributed by atoms with Crippen LogP contribution in [0.5, 0.6) is 0 Å². The Bertz CT molecular complexity index is 483. The number of carboxylic acid groups (broad SMARTS) is 1. The maximum atomic E-state index is 13.6. The normalized spacial score (nSPS) is 12.1. The van der Waals surface area contributed by atoms with Crippen molar-refractivity contribution in [3.8, 4) is 0 Å². The van der Waals surface area contributed by atoms with Crippen LogP contribution in [0, 0.1) is 18.7 Å². The number of carboxylic acids is 1. The zero-order chi connectivity index (χ0) is 15.3. The average molecular weight is 282 g/mol. The van der Waals surface area contributed by atoms with Gasteiger partial charge >= 0.3 is 12.0 Å². The van der Waals surface area contributed by atoms with E-state index in [1.165, 1.54) is 12.1 Å². The Labute approximate surface area is 117 Å². The second-order valence-corrected chi connectivity index (χ2v) is 5.05. The van der Waals surface area contributed by atoms with Crippen LogP contribution < -0.4 is 10.6 Å². The van der Waals surface area contributed by atoms with E-state index in [4.69, 9.17) is 5.11 Å². The molecule has 1 aromatic rings. The minimum Gasteiger partial charge on any atom is -0.480 e. The zero-order valence-corrected chi connectivity index (χ0v) is 11.7. The van der Waals surface area contributed by atoms with Gasteiger partial charge in [-0.15, -0.1) is 0 Å². The van der Waals surface area contributed by atoms with Gasteiger partial charge < -0.3 is 15.7 Å². The number of aliphatic carboxylic acids is 1. The molecule has 110 valence electrons. The predicted molar refractivity (Wildman–Crippen MR) is 74.2 cm³/mol. The van der Waals surface area contributed by atoms with Crippen molar-refractivity contribution in [1.29, 1.82) is 0 Å². The number of halogens is 1. The molecule has 0 heterocycles. The highest BCUT2D eigenvalue weighted by Gasteiger charge is 2.21. The highest BCUT2D eigenvalue weighted by molar-refractivity contribution is 5.92. The largest absolute Gasteiger partial charge is 0.480 e. The lowest BCUT2D eigenvalue weighted by Crippen LogP contribution is -2.43. The molecule has 3 N–H and O–H groups in total. The number of aryl methyl sites for hydroxylation is 1. The van der Waals surface area contributed by atoms with E-state index in [-0.39, 0.29) is 11.6 Å².